The van der Waals surface area contributed by atoms with E-state index in [1.54, 1.807) is 0 Å². The first-order valence-corrected chi connectivity index (χ1v) is 9.00. The normalized spacial score (nSPS) is 12.7. The minimum atomic E-state index is -0.637. The Morgan fingerprint density at radius 3 is 2.15 bits per heavy atom. The quantitative estimate of drug-likeness (QED) is 0.692. The predicted octanol–water partition coefficient (Wildman–Crippen LogP) is 3.04. The van der Waals surface area contributed by atoms with Crippen LogP contribution >= 0.6 is 0 Å². The lowest BCUT2D eigenvalue weighted by molar-refractivity contribution is -0.149. The van der Waals surface area contributed by atoms with Gasteiger partial charge in [0, 0.05) is 0 Å². The second-order valence-electron chi connectivity index (χ2n) is 6.60. The summed E-state index contributed by atoms with van der Waals surface area (Å²) in [7, 11) is 0. The molecule has 0 bridgehead atoms. The molecular formula is C22H25NO4. The van der Waals surface area contributed by atoms with Gasteiger partial charge in [-0.3, -0.25) is 14.4 Å². The fraction of sp³-hybridized carbons (Fsp3) is 0.318. The fourth-order valence-electron chi connectivity index (χ4n) is 2.74. The number of ether oxygens (including phenoxy) is 1. The van der Waals surface area contributed by atoms with Gasteiger partial charge in [-0.05, 0) is 30.4 Å². The largest absolute Gasteiger partial charge is 0.456 e. The van der Waals surface area contributed by atoms with Crippen LogP contribution in [0.25, 0.3) is 0 Å². The molecule has 2 atom stereocenters. The van der Waals surface area contributed by atoms with Crippen molar-refractivity contribution in [2.75, 3.05) is 6.61 Å². The predicted molar refractivity (Wildman–Crippen MR) is 103 cm³/mol. The number of hydrogen-bond acceptors (Lipinski definition) is 4. The third-order valence-electron chi connectivity index (χ3n) is 4.31. The standard InChI is InChI=1S/C22H25NO4/c1-16(19-11-7-4-8-12-19)13-22(26)27-15-21(25)23-20(17(2)24)14-18-9-5-3-6-10-18/h3-12,16,20H,13-15H2,1-2H3,(H,23,25)/t16-,20-/m0/s1. The Morgan fingerprint density at radius 1 is 0.963 bits per heavy atom. The van der Waals surface area contributed by atoms with Crippen LogP contribution in [0.1, 0.15) is 37.3 Å². The topological polar surface area (TPSA) is 72.5 Å². The zero-order valence-electron chi connectivity index (χ0n) is 15.7. The minimum Gasteiger partial charge on any atom is -0.456 e. The highest BCUT2D eigenvalue weighted by atomic mass is 16.5. The highest BCUT2D eigenvalue weighted by Crippen LogP contribution is 2.18. The van der Waals surface area contributed by atoms with Crippen molar-refractivity contribution in [1.29, 1.82) is 0 Å². The van der Waals surface area contributed by atoms with Crippen LogP contribution in [0.5, 0.6) is 0 Å². The molecule has 5 heteroatoms. The summed E-state index contributed by atoms with van der Waals surface area (Å²) in [6.07, 6.45) is 0.596. The van der Waals surface area contributed by atoms with Gasteiger partial charge >= 0.3 is 5.97 Å². The zero-order valence-corrected chi connectivity index (χ0v) is 15.7. The van der Waals surface area contributed by atoms with E-state index in [2.05, 4.69) is 5.32 Å². The van der Waals surface area contributed by atoms with E-state index in [0.717, 1.165) is 11.1 Å². The molecule has 1 N–H and O–H groups in total. The van der Waals surface area contributed by atoms with E-state index >= 15 is 0 Å². The van der Waals surface area contributed by atoms with Crippen LogP contribution in [0.2, 0.25) is 0 Å². The van der Waals surface area contributed by atoms with Crippen LogP contribution in [-0.2, 0) is 25.5 Å². The Morgan fingerprint density at radius 2 is 1.56 bits per heavy atom. The van der Waals surface area contributed by atoms with E-state index < -0.39 is 17.9 Å². The van der Waals surface area contributed by atoms with Crippen molar-refractivity contribution in [2.24, 2.45) is 0 Å². The van der Waals surface area contributed by atoms with Gasteiger partial charge in [0.25, 0.3) is 5.91 Å². The average molecular weight is 367 g/mol. The van der Waals surface area contributed by atoms with Gasteiger partial charge in [0.15, 0.2) is 12.4 Å². The second-order valence-corrected chi connectivity index (χ2v) is 6.60. The lowest BCUT2D eigenvalue weighted by Crippen LogP contribution is -2.43. The monoisotopic (exact) mass is 367 g/mol. The summed E-state index contributed by atoms with van der Waals surface area (Å²) in [5.74, 6) is -1.06. The smallest absolute Gasteiger partial charge is 0.306 e. The van der Waals surface area contributed by atoms with Crippen molar-refractivity contribution in [3.63, 3.8) is 0 Å². The Labute approximate surface area is 159 Å². The summed E-state index contributed by atoms with van der Waals surface area (Å²) in [6.45, 7) is 2.97. The lowest BCUT2D eigenvalue weighted by Gasteiger charge is -2.16. The number of benzene rings is 2. The van der Waals surface area contributed by atoms with E-state index in [4.69, 9.17) is 4.74 Å². The van der Waals surface area contributed by atoms with Crippen LogP contribution in [0.4, 0.5) is 0 Å². The van der Waals surface area contributed by atoms with Crippen LogP contribution in [0.3, 0.4) is 0 Å². The van der Waals surface area contributed by atoms with Crippen molar-refractivity contribution in [3.8, 4) is 0 Å². The van der Waals surface area contributed by atoms with Gasteiger partial charge in [0.2, 0.25) is 0 Å². The van der Waals surface area contributed by atoms with Crippen molar-refractivity contribution < 1.29 is 19.1 Å². The molecule has 0 radical (unpaired) electrons. The number of carbonyl (C=O) groups is 3. The number of amides is 1. The van der Waals surface area contributed by atoms with Gasteiger partial charge in [-0.1, -0.05) is 67.6 Å². The maximum atomic E-state index is 12.1. The minimum absolute atomic E-state index is 0.00445. The Balaban J connectivity index is 1.79. The number of nitrogens with one attached hydrogen (secondary N) is 1. The van der Waals surface area contributed by atoms with E-state index in [1.807, 2.05) is 67.6 Å². The molecule has 0 fully saturated rings. The van der Waals surface area contributed by atoms with E-state index in [1.165, 1.54) is 6.92 Å². The van der Waals surface area contributed by atoms with Gasteiger partial charge in [-0.25, -0.2) is 0 Å². The molecule has 0 saturated carbocycles. The lowest BCUT2D eigenvalue weighted by atomic mass is 9.98. The number of ketones is 1. The molecule has 2 aromatic rings. The summed E-state index contributed by atoms with van der Waals surface area (Å²) in [4.78, 5) is 35.8. The third-order valence-corrected chi connectivity index (χ3v) is 4.31. The second kappa shape index (κ2) is 10.3. The maximum absolute atomic E-state index is 12.1. The molecule has 1 amide bonds. The highest BCUT2D eigenvalue weighted by molar-refractivity contribution is 5.88. The van der Waals surface area contributed by atoms with Crippen molar-refractivity contribution in [3.05, 3.63) is 71.8 Å². The van der Waals surface area contributed by atoms with Crippen molar-refractivity contribution in [1.82, 2.24) is 5.32 Å². The fourth-order valence-corrected chi connectivity index (χ4v) is 2.74. The SMILES string of the molecule is CC(=O)[C@H](Cc1ccccc1)NC(=O)COC(=O)C[C@H](C)c1ccccc1. The molecule has 0 aliphatic rings. The van der Waals surface area contributed by atoms with Gasteiger partial charge in [-0.15, -0.1) is 0 Å². The zero-order chi connectivity index (χ0) is 19.6. The van der Waals surface area contributed by atoms with E-state index in [9.17, 15) is 14.4 Å². The molecule has 0 saturated heterocycles. The van der Waals surface area contributed by atoms with Crippen molar-refractivity contribution >= 4 is 17.7 Å². The highest BCUT2D eigenvalue weighted by Gasteiger charge is 2.19. The molecule has 5 nitrogen and oxygen atoms in total. The number of hydrogen-bond donors (Lipinski definition) is 1. The number of rotatable bonds is 9. The molecule has 0 aliphatic heterocycles. The molecule has 142 valence electrons. The van der Waals surface area contributed by atoms with Gasteiger partial charge in [0.1, 0.15) is 0 Å². The summed E-state index contributed by atoms with van der Waals surface area (Å²) < 4.78 is 5.06. The Hall–Kier alpha value is -2.95. The first-order chi connectivity index (χ1) is 13.0. The number of carbonyl (C=O) groups excluding carboxylic acids is 3. The van der Waals surface area contributed by atoms with Crippen LogP contribution < -0.4 is 5.32 Å². The first-order valence-electron chi connectivity index (χ1n) is 9.00. The van der Waals surface area contributed by atoms with E-state index in [0.29, 0.717) is 6.42 Å². The summed E-state index contributed by atoms with van der Waals surface area (Å²) in [5.41, 5.74) is 1.99. The van der Waals surface area contributed by atoms with Crippen LogP contribution in [0, 0.1) is 0 Å². The van der Waals surface area contributed by atoms with Gasteiger partial charge in [0.05, 0.1) is 12.5 Å². The molecule has 27 heavy (non-hydrogen) atoms. The van der Waals surface area contributed by atoms with Crippen LogP contribution in [-0.4, -0.2) is 30.3 Å². The molecule has 0 spiro atoms. The molecule has 2 aromatic carbocycles. The molecule has 0 aliphatic carbocycles. The van der Waals surface area contributed by atoms with Gasteiger partial charge < -0.3 is 10.1 Å². The third kappa shape index (κ3) is 7.05. The Kier molecular flexibility index (Phi) is 7.74. The average Bonchev–Trinajstić information content (AvgIpc) is 2.67. The van der Waals surface area contributed by atoms with Crippen molar-refractivity contribution in [2.45, 2.75) is 38.6 Å². The number of esters is 1. The summed E-state index contributed by atoms with van der Waals surface area (Å²) in [6, 6.07) is 18.5. The molecule has 2 rings (SSSR count). The van der Waals surface area contributed by atoms with Crippen LogP contribution in [0.15, 0.2) is 60.7 Å². The molecule has 0 unspecified atom stereocenters. The Bertz CT molecular complexity index is 758. The first kappa shape index (κ1) is 20.4. The number of Topliss-reactive ketones (excluding diaryl/α,β-unsaturated/α-hetero) is 1. The molecule has 0 aromatic heterocycles. The maximum Gasteiger partial charge on any atom is 0.306 e. The summed E-state index contributed by atoms with van der Waals surface area (Å²) >= 11 is 0. The summed E-state index contributed by atoms with van der Waals surface area (Å²) in [5, 5.41) is 2.64. The van der Waals surface area contributed by atoms with E-state index in [-0.39, 0.29) is 24.7 Å². The van der Waals surface area contributed by atoms with Gasteiger partial charge in [-0.2, -0.15) is 0 Å². The molecule has 0 heterocycles. The molecular weight excluding hydrogens is 342 g/mol.